The number of carboxylic acid groups (broad SMARTS) is 1. The lowest BCUT2D eigenvalue weighted by Gasteiger charge is -2.27. The summed E-state index contributed by atoms with van der Waals surface area (Å²) in [6.07, 6.45) is 0.824. The van der Waals surface area contributed by atoms with Crippen LogP contribution in [0.4, 0.5) is 0 Å². The minimum Gasteiger partial charge on any atom is -0.478 e. The number of rotatable bonds is 6. The molecule has 0 saturated carbocycles. The molecule has 2 heterocycles. The second-order valence-corrected chi connectivity index (χ2v) is 6.29. The fraction of sp³-hybridized carbons (Fsp3) is 0.500. The summed E-state index contributed by atoms with van der Waals surface area (Å²) in [6.45, 7) is 7.54. The van der Waals surface area contributed by atoms with Crippen LogP contribution >= 0.6 is 0 Å². The van der Waals surface area contributed by atoms with Crippen LogP contribution in [0.2, 0.25) is 0 Å². The second-order valence-electron chi connectivity index (χ2n) is 6.29. The van der Waals surface area contributed by atoms with Crippen LogP contribution in [0.25, 0.3) is 10.9 Å². The van der Waals surface area contributed by atoms with E-state index in [1.54, 1.807) is 12.1 Å². The fourth-order valence-electron chi connectivity index (χ4n) is 3.68. The van der Waals surface area contributed by atoms with Gasteiger partial charge >= 0.3 is 5.97 Å². The molecule has 1 aromatic heterocycles. The van der Waals surface area contributed by atoms with Gasteiger partial charge in [-0.25, -0.2) is 4.79 Å². The Bertz CT molecular complexity index is 733. The third-order valence-corrected chi connectivity index (χ3v) is 4.92. The molecule has 0 radical (unpaired) electrons. The number of carboxylic acids is 1. The minimum absolute atomic E-state index is 0.0408. The molecule has 3 N–H and O–H groups in total. The summed E-state index contributed by atoms with van der Waals surface area (Å²) in [5, 5.41) is 23.1. The Morgan fingerprint density at radius 2 is 2.00 bits per heavy atom. The van der Waals surface area contributed by atoms with Gasteiger partial charge in [0.1, 0.15) is 0 Å². The first-order valence-electron chi connectivity index (χ1n) is 8.51. The van der Waals surface area contributed by atoms with Gasteiger partial charge in [-0.3, -0.25) is 0 Å². The molecule has 1 fully saturated rings. The molecule has 1 aromatic carbocycles. The topological polar surface area (TPSA) is 77.7 Å². The van der Waals surface area contributed by atoms with E-state index >= 15 is 0 Å². The molecule has 0 atom stereocenters. The normalized spacial score (nSPS) is 15.9. The van der Waals surface area contributed by atoms with Crippen molar-refractivity contribution in [3.63, 3.8) is 0 Å². The van der Waals surface area contributed by atoms with Crippen LogP contribution in [-0.2, 0) is 13.0 Å². The Morgan fingerprint density at radius 1 is 1.25 bits per heavy atom. The fourth-order valence-corrected chi connectivity index (χ4v) is 3.68. The summed E-state index contributed by atoms with van der Waals surface area (Å²) in [4.78, 5) is 14.1. The number of aliphatic hydroxyl groups is 1. The van der Waals surface area contributed by atoms with Crippen LogP contribution in [0.15, 0.2) is 18.2 Å². The molecule has 3 rings (SSSR count). The highest BCUT2D eigenvalue weighted by atomic mass is 16.4. The number of benzene rings is 1. The van der Waals surface area contributed by atoms with E-state index < -0.39 is 5.97 Å². The van der Waals surface area contributed by atoms with Crippen LogP contribution in [-0.4, -0.2) is 65.0 Å². The highest BCUT2D eigenvalue weighted by Crippen LogP contribution is 2.30. The number of fused-ring (bicyclic) bond motifs is 1. The number of aromatic carboxylic acids is 1. The Hall–Kier alpha value is -1.89. The van der Waals surface area contributed by atoms with Crippen LogP contribution in [0.1, 0.15) is 21.6 Å². The molecule has 24 heavy (non-hydrogen) atoms. The van der Waals surface area contributed by atoms with Crippen molar-refractivity contribution in [3.8, 4) is 0 Å². The summed E-state index contributed by atoms with van der Waals surface area (Å²) in [6, 6.07) is 5.39. The molecule has 1 saturated heterocycles. The van der Waals surface area contributed by atoms with Crippen molar-refractivity contribution in [2.75, 3.05) is 39.3 Å². The molecule has 0 aliphatic carbocycles. The van der Waals surface area contributed by atoms with Gasteiger partial charge in [0.05, 0.1) is 12.2 Å². The van der Waals surface area contributed by atoms with Gasteiger partial charge in [0.2, 0.25) is 0 Å². The van der Waals surface area contributed by atoms with Crippen LogP contribution in [0, 0.1) is 6.92 Å². The number of aromatic nitrogens is 1. The smallest absolute Gasteiger partial charge is 0.336 e. The molecule has 0 amide bonds. The summed E-state index contributed by atoms with van der Waals surface area (Å²) in [5.74, 6) is -0.898. The lowest BCUT2D eigenvalue weighted by molar-refractivity contribution is 0.0699. The summed E-state index contributed by atoms with van der Waals surface area (Å²) in [5.41, 5.74) is 3.40. The molecule has 130 valence electrons. The van der Waals surface area contributed by atoms with Gasteiger partial charge in [0, 0.05) is 55.9 Å². The number of nitrogens with zero attached hydrogens (tertiary/aromatic N) is 2. The standard InChI is InChI=1S/C18H25N3O3/c1-13-14(5-8-20-9-6-19-7-10-20)17-15(18(23)24)3-2-4-16(17)21(13)11-12-22/h2-4,19,22H,5-12H2,1H3,(H,23,24). The predicted octanol–water partition coefficient (Wildman–Crippen LogP) is 1.09. The minimum atomic E-state index is -0.898. The monoisotopic (exact) mass is 331 g/mol. The molecule has 6 nitrogen and oxygen atoms in total. The van der Waals surface area contributed by atoms with Crippen LogP contribution < -0.4 is 5.32 Å². The Labute approximate surface area is 141 Å². The van der Waals surface area contributed by atoms with Crippen molar-refractivity contribution in [1.82, 2.24) is 14.8 Å². The van der Waals surface area contributed by atoms with Gasteiger partial charge in [-0.1, -0.05) is 6.07 Å². The van der Waals surface area contributed by atoms with E-state index in [-0.39, 0.29) is 6.61 Å². The van der Waals surface area contributed by atoms with E-state index in [0.29, 0.717) is 12.1 Å². The lowest BCUT2D eigenvalue weighted by atomic mass is 10.0. The molecule has 0 spiro atoms. The maximum Gasteiger partial charge on any atom is 0.336 e. The van der Waals surface area contributed by atoms with Crippen molar-refractivity contribution in [3.05, 3.63) is 35.0 Å². The van der Waals surface area contributed by atoms with E-state index in [1.165, 1.54) is 0 Å². The number of nitrogens with one attached hydrogen (secondary N) is 1. The second kappa shape index (κ2) is 7.34. The van der Waals surface area contributed by atoms with Gasteiger partial charge in [-0.05, 0) is 31.0 Å². The van der Waals surface area contributed by atoms with Gasteiger partial charge in [0.15, 0.2) is 0 Å². The van der Waals surface area contributed by atoms with E-state index in [4.69, 9.17) is 0 Å². The average Bonchev–Trinajstić information content (AvgIpc) is 2.86. The van der Waals surface area contributed by atoms with Gasteiger partial charge in [-0.15, -0.1) is 0 Å². The molecule has 1 aliphatic rings. The van der Waals surface area contributed by atoms with Crippen molar-refractivity contribution < 1.29 is 15.0 Å². The first kappa shape index (κ1) is 17.0. The zero-order chi connectivity index (χ0) is 17.1. The molecule has 6 heteroatoms. The molecule has 0 unspecified atom stereocenters. The van der Waals surface area contributed by atoms with E-state index in [9.17, 15) is 15.0 Å². The van der Waals surface area contributed by atoms with Gasteiger partial charge in [-0.2, -0.15) is 0 Å². The third-order valence-electron chi connectivity index (χ3n) is 4.92. The lowest BCUT2D eigenvalue weighted by Crippen LogP contribution is -2.44. The Kier molecular flexibility index (Phi) is 5.18. The van der Waals surface area contributed by atoms with Gasteiger partial charge < -0.3 is 25.0 Å². The van der Waals surface area contributed by atoms with E-state index in [1.807, 2.05) is 17.6 Å². The first-order chi connectivity index (χ1) is 11.6. The number of carbonyl (C=O) groups is 1. The summed E-state index contributed by atoms with van der Waals surface area (Å²) >= 11 is 0. The molecule has 2 aromatic rings. The quantitative estimate of drug-likeness (QED) is 0.738. The highest BCUT2D eigenvalue weighted by Gasteiger charge is 2.20. The summed E-state index contributed by atoms with van der Waals surface area (Å²) < 4.78 is 2.04. The Balaban J connectivity index is 2.00. The van der Waals surface area contributed by atoms with Crippen molar-refractivity contribution >= 4 is 16.9 Å². The largest absolute Gasteiger partial charge is 0.478 e. The number of hydrogen-bond donors (Lipinski definition) is 3. The van der Waals surface area contributed by atoms with Crippen LogP contribution in [0.3, 0.4) is 0 Å². The third kappa shape index (κ3) is 3.17. The first-order valence-corrected chi connectivity index (χ1v) is 8.51. The zero-order valence-electron chi connectivity index (χ0n) is 14.1. The van der Waals surface area contributed by atoms with Crippen LogP contribution in [0.5, 0.6) is 0 Å². The SMILES string of the molecule is Cc1c(CCN2CCNCC2)c2c(C(=O)O)cccc2n1CCO. The van der Waals surface area contributed by atoms with E-state index in [2.05, 4.69) is 10.2 Å². The average molecular weight is 331 g/mol. The summed E-state index contributed by atoms with van der Waals surface area (Å²) in [7, 11) is 0. The number of piperazine rings is 1. The zero-order valence-corrected chi connectivity index (χ0v) is 14.1. The maximum atomic E-state index is 11.7. The van der Waals surface area contributed by atoms with Crippen molar-refractivity contribution in [2.24, 2.45) is 0 Å². The molecule has 1 aliphatic heterocycles. The predicted molar refractivity (Wildman–Crippen MR) is 93.7 cm³/mol. The Morgan fingerprint density at radius 3 is 2.67 bits per heavy atom. The molecule has 0 bridgehead atoms. The number of hydrogen-bond acceptors (Lipinski definition) is 4. The maximum absolute atomic E-state index is 11.7. The molecular formula is C18H25N3O3. The van der Waals surface area contributed by atoms with Gasteiger partial charge in [0.25, 0.3) is 0 Å². The number of aliphatic hydroxyl groups excluding tert-OH is 1. The molecular weight excluding hydrogens is 306 g/mol. The highest BCUT2D eigenvalue weighted by molar-refractivity contribution is 6.05. The van der Waals surface area contributed by atoms with Crippen molar-refractivity contribution in [2.45, 2.75) is 19.9 Å². The van der Waals surface area contributed by atoms with E-state index in [0.717, 1.165) is 61.3 Å². The van der Waals surface area contributed by atoms with Crippen molar-refractivity contribution in [1.29, 1.82) is 0 Å².